The Kier molecular flexibility index (Phi) is 7.66. The van der Waals surface area contributed by atoms with Gasteiger partial charge in [-0.25, -0.2) is 0 Å². The number of rotatable bonds is 3. The highest BCUT2D eigenvalue weighted by Gasteiger charge is 2.11. The van der Waals surface area contributed by atoms with Crippen molar-refractivity contribution in [2.75, 3.05) is 5.73 Å². The van der Waals surface area contributed by atoms with E-state index in [1.165, 1.54) is 18.2 Å². The highest BCUT2D eigenvalue weighted by atomic mass is 16.6. The molecule has 5 heteroatoms. The Morgan fingerprint density at radius 2 is 1.59 bits per heavy atom. The van der Waals surface area contributed by atoms with Gasteiger partial charge in [-0.05, 0) is 43.2 Å². The lowest BCUT2D eigenvalue weighted by Crippen LogP contribution is -1.95. The molecule has 120 valence electrons. The monoisotopic (exact) mass is 304 g/mol. The molecule has 2 aromatic carbocycles. The lowest BCUT2D eigenvalue weighted by Gasteiger charge is -2.09. The van der Waals surface area contributed by atoms with E-state index in [9.17, 15) is 10.1 Å². The Morgan fingerprint density at radius 1 is 1.05 bits per heavy atom. The molecule has 0 fully saturated rings. The van der Waals surface area contributed by atoms with E-state index in [1.54, 1.807) is 0 Å². The molecule has 0 radical (unpaired) electrons. The van der Waals surface area contributed by atoms with Crippen LogP contribution >= 0.6 is 0 Å². The van der Waals surface area contributed by atoms with Gasteiger partial charge in [0.05, 0.1) is 16.7 Å². The number of nitro groups is 1. The number of anilines is 1. The van der Waals surface area contributed by atoms with Gasteiger partial charge in [-0.1, -0.05) is 27.3 Å². The van der Waals surface area contributed by atoms with Gasteiger partial charge in [0.1, 0.15) is 5.75 Å². The zero-order valence-electron chi connectivity index (χ0n) is 12.7. The number of benzene rings is 2. The number of non-ortho nitro benzene ring substituents is 1. The fraction of sp³-hybridized carbons (Fsp3) is 0.294. The van der Waals surface area contributed by atoms with Crippen LogP contribution in [0.2, 0.25) is 0 Å². The van der Waals surface area contributed by atoms with Gasteiger partial charge >= 0.3 is 0 Å². The molecule has 0 aliphatic rings. The molecule has 0 unspecified atom stereocenters. The zero-order chi connectivity index (χ0) is 16.0. The number of nitro benzene ring substituents is 1. The van der Waals surface area contributed by atoms with Crippen LogP contribution in [-0.4, -0.2) is 4.92 Å². The first kappa shape index (κ1) is 19.4. The van der Waals surface area contributed by atoms with Crippen LogP contribution in [0.25, 0.3) is 0 Å². The fourth-order valence-electron chi connectivity index (χ4n) is 1.84. The fourth-order valence-corrected chi connectivity index (χ4v) is 1.84. The molecule has 5 nitrogen and oxygen atoms in total. The summed E-state index contributed by atoms with van der Waals surface area (Å²) in [5.41, 5.74) is 8.19. The Balaban J connectivity index is 0.00000141. The number of hydrogen-bond donors (Lipinski definition) is 1. The second-order valence-corrected chi connectivity index (χ2v) is 4.40. The third-order valence-corrected chi connectivity index (χ3v) is 2.63. The number of aryl methyl sites for hydroxylation is 2. The SMILES string of the molecule is C.CC.Cc1cc(C)cc(Oc2cc([N+](=O)[O-])ccc2N)c1. The van der Waals surface area contributed by atoms with E-state index in [2.05, 4.69) is 0 Å². The third-order valence-electron chi connectivity index (χ3n) is 2.63. The normalized spacial score (nSPS) is 9.09. The van der Waals surface area contributed by atoms with Crippen LogP contribution in [0.5, 0.6) is 11.5 Å². The molecule has 0 saturated carbocycles. The van der Waals surface area contributed by atoms with Gasteiger partial charge in [-0.2, -0.15) is 0 Å². The summed E-state index contributed by atoms with van der Waals surface area (Å²) in [6.07, 6.45) is 0. The quantitative estimate of drug-likeness (QED) is 0.477. The third kappa shape index (κ3) is 5.09. The van der Waals surface area contributed by atoms with Crippen LogP contribution in [0.15, 0.2) is 36.4 Å². The van der Waals surface area contributed by atoms with Crippen molar-refractivity contribution in [3.8, 4) is 11.5 Å². The van der Waals surface area contributed by atoms with Crippen LogP contribution in [-0.2, 0) is 0 Å². The molecule has 0 atom stereocenters. The molecule has 22 heavy (non-hydrogen) atoms. The summed E-state index contributed by atoms with van der Waals surface area (Å²) >= 11 is 0. The predicted octanol–water partition coefficient (Wildman–Crippen LogP) is 5.25. The summed E-state index contributed by atoms with van der Waals surface area (Å²) in [7, 11) is 0. The summed E-state index contributed by atoms with van der Waals surface area (Å²) in [4.78, 5) is 10.3. The van der Waals surface area contributed by atoms with E-state index in [4.69, 9.17) is 10.5 Å². The van der Waals surface area contributed by atoms with Crippen molar-refractivity contribution in [2.45, 2.75) is 35.1 Å². The molecule has 0 aliphatic heterocycles. The summed E-state index contributed by atoms with van der Waals surface area (Å²) in [5, 5.41) is 10.7. The molecular weight excluding hydrogens is 280 g/mol. The van der Waals surface area contributed by atoms with Crippen molar-refractivity contribution in [3.63, 3.8) is 0 Å². The molecule has 2 rings (SSSR count). The first-order chi connectivity index (χ1) is 9.95. The van der Waals surface area contributed by atoms with Crippen LogP contribution in [0, 0.1) is 24.0 Å². The maximum atomic E-state index is 10.7. The number of hydrogen-bond acceptors (Lipinski definition) is 4. The topological polar surface area (TPSA) is 78.4 Å². The lowest BCUT2D eigenvalue weighted by molar-refractivity contribution is -0.384. The Morgan fingerprint density at radius 3 is 2.09 bits per heavy atom. The molecule has 0 bridgehead atoms. The number of ether oxygens (including phenoxy) is 1. The van der Waals surface area contributed by atoms with Crippen LogP contribution in [0.3, 0.4) is 0 Å². The van der Waals surface area contributed by atoms with Gasteiger partial charge in [-0.15, -0.1) is 0 Å². The second kappa shape index (κ2) is 8.67. The second-order valence-electron chi connectivity index (χ2n) is 4.40. The first-order valence-electron chi connectivity index (χ1n) is 6.76. The molecule has 0 amide bonds. The van der Waals surface area contributed by atoms with E-state index < -0.39 is 4.92 Å². The maximum Gasteiger partial charge on any atom is 0.273 e. The van der Waals surface area contributed by atoms with Crippen molar-refractivity contribution >= 4 is 11.4 Å². The van der Waals surface area contributed by atoms with Gasteiger partial charge in [0, 0.05) is 6.07 Å². The van der Waals surface area contributed by atoms with Crippen LogP contribution in [0.1, 0.15) is 32.4 Å². The van der Waals surface area contributed by atoms with Crippen molar-refractivity contribution < 1.29 is 9.66 Å². The zero-order valence-corrected chi connectivity index (χ0v) is 12.7. The van der Waals surface area contributed by atoms with E-state index >= 15 is 0 Å². The predicted molar refractivity (Wildman–Crippen MR) is 91.6 cm³/mol. The minimum absolute atomic E-state index is 0. The lowest BCUT2D eigenvalue weighted by atomic mass is 10.1. The summed E-state index contributed by atoms with van der Waals surface area (Å²) < 4.78 is 5.63. The van der Waals surface area contributed by atoms with Gasteiger partial charge in [0.2, 0.25) is 0 Å². The van der Waals surface area contributed by atoms with Crippen molar-refractivity contribution in [3.05, 3.63) is 57.6 Å². The van der Waals surface area contributed by atoms with E-state index in [0.717, 1.165) is 11.1 Å². The van der Waals surface area contributed by atoms with Crippen molar-refractivity contribution in [2.24, 2.45) is 0 Å². The maximum absolute atomic E-state index is 10.7. The molecule has 0 spiro atoms. The van der Waals surface area contributed by atoms with E-state index in [1.807, 2.05) is 45.9 Å². The molecular formula is C17H24N2O3. The Hall–Kier alpha value is -2.56. The molecule has 0 aromatic heterocycles. The van der Waals surface area contributed by atoms with Crippen molar-refractivity contribution in [1.82, 2.24) is 0 Å². The van der Waals surface area contributed by atoms with E-state index in [-0.39, 0.29) is 13.1 Å². The minimum Gasteiger partial charge on any atom is -0.455 e. The van der Waals surface area contributed by atoms with Gasteiger partial charge in [0.15, 0.2) is 5.75 Å². The molecule has 2 N–H and O–H groups in total. The van der Waals surface area contributed by atoms with Crippen LogP contribution in [0.4, 0.5) is 11.4 Å². The highest BCUT2D eigenvalue weighted by molar-refractivity contribution is 5.58. The smallest absolute Gasteiger partial charge is 0.273 e. The summed E-state index contributed by atoms with van der Waals surface area (Å²) in [5.74, 6) is 0.906. The van der Waals surface area contributed by atoms with Crippen LogP contribution < -0.4 is 10.5 Å². The van der Waals surface area contributed by atoms with Gasteiger partial charge in [0.25, 0.3) is 5.69 Å². The summed E-state index contributed by atoms with van der Waals surface area (Å²) in [6.45, 7) is 7.91. The first-order valence-corrected chi connectivity index (χ1v) is 6.76. The largest absolute Gasteiger partial charge is 0.455 e. The number of nitrogens with two attached hydrogens (primary N) is 1. The highest BCUT2D eigenvalue weighted by Crippen LogP contribution is 2.31. The Bertz CT molecular complexity index is 620. The summed E-state index contributed by atoms with van der Waals surface area (Å²) in [6, 6.07) is 9.87. The standard InChI is InChI=1S/C14H14N2O3.C2H6.CH4/c1-9-5-10(2)7-12(6-9)19-14-8-11(16(17)18)3-4-13(14)15;1-2;/h3-8H,15H2,1-2H3;1-2H3;1H4. The molecule has 0 aliphatic carbocycles. The number of nitrogens with zero attached hydrogens (tertiary/aromatic N) is 1. The molecule has 0 saturated heterocycles. The van der Waals surface area contributed by atoms with Gasteiger partial charge in [-0.3, -0.25) is 10.1 Å². The van der Waals surface area contributed by atoms with Crippen molar-refractivity contribution in [1.29, 1.82) is 0 Å². The number of nitrogen functional groups attached to an aromatic ring is 1. The average molecular weight is 304 g/mol. The Labute approximate surface area is 131 Å². The molecule has 2 aromatic rings. The minimum atomic E-state index is -0.478. The average Bonchev–Trinajstić information content (AvgIpc) is 2.42. The van der Waals surface area contributed by atoms with Gasteiger partial charge < -0.3 is 10.5 Å². The van der Waals surface area contributed by atoms with E-state index in [0.29, 0.717) is 17.2 Å². The molecule has 0 heterocycles.